The van der Waals surface area contributed by atoms with Crippen LogP contribution in [-0.2, 0) is 9.59 Å². The number of carbonyl (C=O) groups is 3. The van der Waals surface area contributed by atoms with Gasteiger partial charge in [0.25, 0.3) is 5.91 Å². The van der Waals surface area contributed by atoms with Crippen LogP contribution in [0.5, 0.6) is 0 Å². The molecule has 2 amide bonds. The third-order valence-electron chi connectivity index (χ3n) is 4.43. The van der Waals surface area contributed by atoms with Gasteiger partial charge in [-0.15, -0.1) is 0 Å². The number of aromatic nitrogens is 1. The second-order valence-electron chi connectivity index (χ2n) is 6.63. The van der Waals surface area contributed by atoms with Gasteiger partial charge < -0.3 is 5.32 Å². The Morgan fingerprint density at radius 2 is 1.52 bits per heavy atom. The minimum absolute atomic E-state index is 0.0673. The third-order valence-corrected chi connectivity index (χ3v) is 4.43. The van der Waals surface area contributed by atoms with E-state index in [1.807, 2.05) is 56.4 Å². The Morgan fingerprint density at radius 1 is 0.909 bits per heavy atom. The number of carbonyl (C=O) groups excluding carboxylic acids is 3. The number of hydroxylamine groups is 1. The maximum absolute atomic E-state index is 11.2. The van der Waals surface area contributed by atoms with Crippen molar-refractivity contribution in [3.63, 3.8) is 0 Å². The van der Waals surface area contributed by atoms with E-state index in [-0.39, 0.29) is 5.78 Å². The molecule has 0 bridgehead atoms. The van der Waals surface area contributed by atoms with Gasteiger partial charge in [-0.1, -0.05) is 43.9 Å². The molecule has 1 atom stereocenters. The molecule has 2 aromatic carbocycles. The van der Waals surface area contributed by atoms with Gasteiger partial charge in [-0.3, -0.25) is 24.6 Å². The quantitative estimate of drug-likeness (QED) is 0.186. The van der Waals surface area contributed by atoms with E-state index in [0.29, 0.717) is 5.56 Å². The summed E-state index contributed by atoms with van der Waals surface area (Å²) < 4.78 is 0. The molecule has 3 rings (SSSR count). The Balaban J connectivity index is 0.000000386. The molecule has 0 radical (unpaired) electrons. The van der Waals surface area contributed by atoms with Crippen LogP contribution >= 0.6 is 0 Å². The fraction of sp³-hybridized carbons (Fsp3) is 0.231. The normalized spacial score (nSPS) is 10.1. The van der Waals surface area contributed by atoms with Gasteiger partial charge in [-0.25, -0.2) is 5.48 Å². The van der Waals surface area contributed by atoms with Gasteiger partial charge >= 0.3 is 0 Å². The minimum Gasteiger partial charge on any atom is -0.358 e. The molecule has 33 heavy (non-hydrogen) atoms. The predicted octanol–water partition coefficient (Wildman–Crippen LogP) is 3.74. The molecule has 0 spiro atoms. The lowest BCUT2D eigenvalue weighted by molar-refractivity contribution is -0.139. The summed E-state index contributed by atoms with van der Waals surface area (Å²) in [5, 5.41) is 12.6. The second-order valence-corrected chi connectivity index (χ2v) is 6.63. The zero-order chi connectivity index (χ0) is 24.8. The lowest BCUT2D eigenvalue weighted by Crippen LogP contribution is -2.36. The molecule has 0 aliphatic carbocycles. The summed E-state index contributed by atoms with van der Waals surface area (Å²) in [4.78, 5) is 36.4. The predicted molar refractivity (Wildman–Crippen MR) is 129 cm³/mol. The van der Waals surface area contributed by atoms with Crippen LogP contribution in [-0.4, -0.2) is 34.8 Å². The van der Waals surface area contributed by atoms with Crippen LogP contribution in [0.15, 0.2) is 60.9 Å². The first-order valence-corrected chi connectivity index (χ1v) is 10.5. The first kappa shape index (κ1) is 27.0. The van der Waals surface area contributed by atoms with Crippen molar-refractivity contribution < 1.29 is 19.6 Å². The molecule has 0 fully saturated rings. The van der Waals surface area contributed by atoms with Gasteiger partial charge in [0.2, 0.25) is 5.91 Å². The van der Waals surface area contributed by atoms with Crippen molar-refractivity contribution in [2.45, 2.75) is 27.7 Å². The van der Waals surface area contributed by atoms with Crippen molar-refractivity contribution in [1.29, 1.82) is 0 Å². The maximum Gasteiger partial charge on any atom is 0.255 e. The van der Waals surface area contributed by atoms with E-state index < -0.39 is 17.7 Å². The highest BCUT2D eigenvalue weighted by Gasteiger charge is 2.18. The number of rotatable bonds is 3. The molecule has 3 N–H and O–H groups in total. The fourth-order valence-corrected chi connectivity index (χ4v) is 2.53. The lowest BCUT2D eigenvalue weighted by Gasteiger charge is -2.05. The molecule has 0 aliphatic heterocycles. The van der Waals surface area contributed by atoms with Crippen LogP contribution in [0.4, 0.5) is 0 Å². The number of benzene rings is 2. The van der Waals surface area contributed by atoms with E-state index >= 15 is 0 Å². The van der Waals surface area contributed by atoms with E-state index in [1.165, 1.54) is 19.5 Å². The molecule has 172 valence electrons. The molecule has 1 heterocycles. The number of nitrogens with one attached hydrogen (secondary N) is 2. The second kappa shape index (κ2) is 14.1. The van der Waals surface area contributed by atoms with Crippen molar-refractivity contribution in [2.24, 2.45) is 5.92 Å². The molecule has 1 unspecified atom stereocenters. The van der Waals surface area contributed by atoms with E-state index in [4.69, 9.17) is 5.21 Å². The first-order valence-electron chi connectivity index (χ1n) is 10.5. The molecule has 3 aromatic rings. The van der Waals surface area contributed by atoms with Gasteiger partial charge in [-0.05, 0) is 49.6 Å². The zero-order valence-electron chi connectivity index (χ0n) is 19.5. The first-order chi connectivity index (χ1) is 15.8. The highest BCUT2D eigenvalue weighted by molar-refractivity contribution is 5.99. The summed E-state index contributed by atoms with van der Waals surface area (Å²) >= 11 is 0. The van der Waals surface area contributed by atoms with Crippen LogP contribution < -0.4 is 10.8 Å². The van der Waals surface area contributed by atoms with Crippen LogP contribution in [0, 0.1) is 17.8 Å². The summed E-state index contributed by atoms with van der Waals surface area (Å²) in [5.41, 5.74) is 3.95. The number of pyridine rings is 1. The molecule has 0 saturated heterocycles. The topological polar surface area (TPSA) is 108 Å². The van der Waals surface area contributed by atoms with Crippen LogP contribution in [0.25, 0.3) is 10.8 Å². The van der Waals surface area contributed by atoms with Crippen molar-refractivity contribution in [3.05, 3.63) is 77.6 Å². The van der Waals surface area contributed by atoms with Crippen LogP contribution in [0.3, 0.4) is 0 Å². The van der Waals surface area contributed by atoms with Crippen molar-refractivity contribution in [1.82, 2.24) is 15.8 Å². The molecule has 0 saturated carbocycles. The van der Waals surface area contributed by atoms with Gasteiger partial charge in [-0.2, -0.15) is 0 Å². The maximum atomic E-state index is 11.2. The Hall–Kier alpha value is -4.02. The average molecular weight is 448 g/mol. The Morgan fingerprint density at radius 3 is 2.09 bits per heavy atom. The van der Waals surface area contributed by atoms with Crippen LogP contribution in [0.2, 0.25) is 0 Å². The highest BCUT2D eigenvalue weighted by atomic mass is 16.5. The average Bonchev–Trinajstić information content (AvgIpc) is 2.87. The Bertz CT molecular complexity index is 1130. The third kappa shape index (κ3) is 8.56. The lowest BCUT2D eigenvalue weighted by atomic mass is 10.1. The standard InChI is InChI=1S/C19H13NO.C5H10N2O3.C2H6/c1-14(21)17-7-4-15(5-8-17)2-3-16-6-9-19-13-20-11-10-18(19)12-16;1-3(4(8)6-2)5(9)7-10;1-2/h4-13H,1H3;3,10H,1-2H3,(H,6,8)(H,7,9);1-2H3. The van der Waals surface area contributed by atoms with Crippen LogP contribution in [0.1, 0.15) is 49.2 Å². The fourth-order valence-electron chi connectivity index (χ4n) is 2.53. The SMILES string of the molecule is CC.CC(=O)c1ccc(C#Cc2ccc3cnccc3c2)cc1.CNC(=O)C(C)C(=O)NO. The number of hydrogen-bond acceptors (Lipinski definition) is 5. The number of fused-ring (bicyclic) bond motifs is 1. The van der Waals surface area contributed by atoms with Crippen molar-refractivity contribution in [2.75, 3.05) is 7.05 Å². The van der Waals surface area contributed by atoms with Crippen molar-refractivity contribution >= 4 is 28.4 Å². The smallest absolute Gasteiger partial charge is 0.255 e. The number of nitrogens with zero attached hydrogens (tertiary/aromatic N) is 1. The minimum atomic E-state index is -0.852. The van der Waals surface area contributed by atoms with Gasteiger partial charge in [0, 0.05) is 41.5 Å². The summed E-state index contributed by atoms with van der Waals surface area (Å²) in [7, 11) is 1.42. The summed E-state index contributed by atoms with van der Waals surface area (Å²) in [6.45, 7) is 6.95. The molecule has 0 aliphatic rings. The molecule has 7 heteroatoms. The van der Waals surface area contributed by atoms with E-state index in [2.05, 4.69) is 22.1 Å². The molecule has 7 nitrogen and oxygen atoms in total. The van der Waals surface area contributed by atoms with Crippen molar-refractivity contribution in [3.8, 4) is 11.8 Å². The Labute approximate surface area is 194 Å². The largest absolute Gasteiger partial charge is 0.358 e. The van der Waals surface area contributed by atoms with Gasteiger partial charge in [0.05, 0.1) is 0 Å². The molecular weight excluding hydrogens is 418 g/mol. The highest BCUT2D eigenvalue weighted by Crippen LogP contribution is 2.14. The number of ketones is 1. The van der Waals surface area contributed by atoms with E-state index in [9.17, 15) is 14.4 Å². The van der Waals surface area contributed by atoms with Gasteiger partial charge in [0.1, 0.15) is 5.92 Å². The van der Waals surface area contributed by atoms with E-state index in [1.54, 1.807) is 25.3 Å². The zero-order valence-corrected chi connectivity index (χ0v) is 19.5. The van der Waals surface area contributed by atoms with E-state index in [0.717, 1.165) is 21.9 Å². The number of amides is 2. The van der Waals surface area contributed by atoms with Gasteiger partial charge in [0.15, 0.2) is 5.78 Å². The summed E-state index contributed by atoms with van der Waals surface area (Å²) in [6.07, 6.45) is 3.62. The molecule has 1 aromatic heterocycles. The monoisotopic (exact) mass is 447 g/mol. The number of Topliss-reactive ketones (excluding diaryl/α,β-unsaturated/α-hetero) is 1. The Kier molecular flexibility index (Phi) is 11.6. The summed E-state index contributed by atoms with van der Waals surface area (Å²) in [5.74, 6) is 4.34. The number of hydrogen-bond donors (Lipinski definition) is 3. The molecular formula is C26H29N3O4. The summed E-state index contributed by atoms with van der Waals surface area (Å²) in [6, 6.07) is 15.4.